The zero-order valence-corrected chi connectivity index (χ0v) is 14.3. The Bertz CT molecular complexity index is 582. The molecule has 1 atom stereocenters. The van der Waals surface area contributed by atoms with E-state index < -0.39 is 0 Å². The molecule has 3 rings (SSSR count). The van der Waals surface area contributed by atoms with Gasteiger partial charge in [0.15, 0.2) is 5.82 Å². The van der Waals surface area contributed by atoms with Gasteiger partial charge in [-0.15, -0.1) is 0 Å². The molecule has 0 radical (unpaired) electrons. The van der Waals surface area contributed by atoms with E-state index in [4.69, 9.17) is 4.52 Å². The van der Waals surface area contributed by atoms with Crippen LogP contribution in [0.3, 0.4) is 0 Å². The van der Waals surface area contributed by atoms with Crippen molar-refractivity contribution < 1.29 is 14.1 Å². The summed E-state index contributed by atoms with van der Waals surface area (Å²) in [5.41, 5.74) is 0. The predicted octanol–water partition coefficient (Wildman–Crippen LogP) is 1.64. The molecule has 0 spiro atoms. The van der Waals surface area contributed by atoms with E-state index in [1.165, 1.54) is 0 Å². The largest absolute Gasteiger partial charge is 0.356 e. The standard InChI is InChI=1S/C17H26N4O3/c1-2-3-8-18-15(22)10-14-19-16(24-20-14)13-5-4-9-21(11-13)17(23)12-6-7-12/h12-13H,2-11H2,1H3,(H,18,22)/t13-/m0/s1. The van der Waals surface area contributed by atoms with Gasteiger partial charge in [-0.25, -0.2) is 0 Å². The van der Waals surface area contributed by atoms with Crippen LogP contribution in [0.4, 0.5) is 0 Å². The number of carbonyl (C=O) groups is 2. The molecule has 1 N–H and O–H groups in total. The highest BCUT2D eigenvalue weighted by Gasteiger charge is 2.36. The van der Waals surface area contributed by atoms with Crippen LogP contribution in [0.5, 0.6) is 0 Å². The van der Waals surface area contributed by atoms with Crippen molar-refractivity contribution in [3.8, 4) is 0 Å². The zero-order chi connectivity index (χ0) is 16.9. The van der Waals surface area contributed by atoms with Gasteiger partial charge in [-0.2, -0.15) is 4.98 Å². The molecule has 1 aromatic rings. The average Bonchev–Trinajstić information content (AvgIpc) is 3.34. The number of aromatic nitrogens is 2. The Kier molecular flexibility index (Phi) is 5.48. The van der Waals surface area contributed by atoms with Crippen LogP contribution in [0.15, 0.2) is 4.52 Å². The Hall–Kier alpha value is -1.92. The Morgan fingerprint density at radius 2 is 2.17 bits per heavy atom. The molecule has 132 valence electrons. The molecule has 1 saturated carbocycles. The number of hydrogen-bond acceptors (Lipinski definition) is 5. The normalized spacial score (nSPS) is 20.9. The van der Waals surface area contributed by atoms with Crippen LogP contribution in [-0.4, -0.2) is 46.5 Å². The molecule has 1 saturated heterocycles. The maximum absolute atomic E-state index is 12.2. The summed E-state index contributed by atoms with van der Waals surface area (Å²) in [6.07, 6.45) is 6.11. The van der Waals surface area contributed by atoms with Crippen LogP contribution in [0.2, 0.25) is 0 Å². The lowest BCUT2D eigenvalue weighted by molar-refractivity contribution is -0.133. The molecule has 2 aliphatic rings. The van der Waals surface area contributed by atoms with Gasteiger partial charge < -0.3 is 14.7 Å². The van der Waals surface area contributed by atoms with Crippen LogP contribution < -0.4 is 5.32 Å². The Labute approximate surface area is 142 Å². The summed E-state index contributed by atoms with van der Waals surface area (Å²) in [5, 5.41) is 6.78. The first-order chi connectivity index (χ1) is 11.7. The monoisotopic (exact) mass is 334 g/mol. The number of amides is 2. The van der Waals surface area contributed by atoms with E-state index in [9.17, 15) is 9.59 Å². The van der Waals surface area contributed by atoms with Gasteiger partial charge in [0.2, 0.25) is 17.7 Å². The number of rotatable bonds is 7. The number of hydrogen-bond donors (Lipinski definition) is 1. The number of unbranched alkanes of at least 4 members (excludes halogenated alkanes) is 1. The van der Waals surface area contributed by atoms with Gasteiger partial charge in [0.05, 0.1) is 12.3 Å². The smallest absolute Gasteiger partial charge is 0.231 e. The molecule has 0 unspecified atom stereocenters. The molecule has 2 amide bonds. The highest BCUT2D eigenvalue weighted by atomic mass is 16.5. The minimum Gasteiger partial charge on any atom is -0.356 e. The highest BCUT2D eigenvalue weighted by molar-refractivity contribution is 5.81. The average molecular weight is 334 g/mol. The lowest BCUT2D eigenvalue weighted by atomic mass is 9.97. The first kappa shape index (κ1) is 16.9. The van der Waals surface area contributed by atoms with Crippen molar-refractivity contribution in [2.75, 3.05) is 19.6 Å². The van der Waals surface area contributed by atoms with E-state index >= 15 is 0 Å². The third-order valence-corrected chi connectivity index (χ3v) is 4.66. The van der Waals surface area contributed by atoms with Crippen LogP contribution in [0.25, 0.3) is 0 Å². The maximum atomic E-state index is 12.2. The van der Waals surface area contributed by atoms with Crippen molar-refractivity contribution in [1.29, 1.82) is 0 Å². The first-order valence-electron chi connectivity index (χ1n) is 9.05. The third-order valence-electron chi connectivity index (χ3n) is 4.66. The summed E-state index contributed by atoms with van der Waals surface area (Å²) in [6.45, 7) is 4.24. The van der Waals surface area contributed by atoms with Gasteiger partial charge in [-0.1, -0.05) is 18.5 Å². The quantitative estimate of drug-likeness (QED) is 0.766. The van der Waals surface area contributed by atoms with Crippen LogP contribution in [0, 0.1) is 5.92 Å². The van der Waals surface area contributed by atoms with Crippen LogP contribution in [0.1, 0.15) is 63.1 Å². The second-order valence-electron chi connectivity index (χ2n) is 6.83. The van der Waals surface area contributed by atoms with Crippen molar-refractivity contribution in [2.24, 2.45) is 5.92 Å². The maximum Gasteiger partial charge on any atom is 0.231 e. The van der Waals surface area contributed by atoms with Crippen molar-refractivity contribution in [3.63, 3.8) is 0 Å². The molecule has 7 heteroatoms. The first-order valence-corrected chi connectivity index (χ1v) is 9.05. The summed E-state index contributed by atoms with van der Waals surface area (Å²) in [6, 6.07) is 0. The summed E-state index contributed by atoms with van der Waals surface area (Å²) in [4.78, 5) is 30.3. The fourth-order valence-corrected chi connectivity index (χ4v) is 3.08. The Balaban J connectivity index is 1.52. The molecule has 1 aliphatic carbocycles. The van der Waals surface area contributed by atoms with Crippen molar-refractivity contribution in [2.45, 2.75) is 57.8 Å². The van der Waals surface area contributed by atoms with Gasteiger partial charge in [0, 0.05) is 25.6 Å². The molecule has 2 fully saturated rings. The Morgan fingerprint density at radius 1 is 1.33 bits per heavy atom. The van der Waals surface area contributed by atoms with Gasteiger partial charge in [0.25, 0.3) is 0 Å². The molecule has 2 heterocycles. The van der Waals surface area contributed by atoms with E-state index in [0.29, 0.717) is 24.8 Å². The summed E-state index contributed by atoms with van der Waals surface area (Å²) in [7, 11) is 0. The molecule has 1 aromatic heterocycles. The zero-order valence-electron chi connectivity index (χ0n) is 14.3. The third kappa shape index (κ3) is 4.33. The number of likely N-dealkylation sites (tertiary alicyclic amines) is 1. The number of nitrogens with one attached hydrogen (secondary N) is 1. The van der Waals surface area contributed by atoms with Gasteiger partial charge in [0.1, 0.15) is 0 Å². The second-order valence-corrected chi connectivity index (χ2v) is 6.83. The van der Waals surface area contributed by atoms with Gasteiger partial charge in [-0.3, -0.25) is 9.59 Å². The van der Waals surface area contributed by atoms with Crippen LogP contribution in [-0.2, 0) is 16.0 Å². The fraction of sp³-hybridized carbons (Fsp3) is 0.765. The molecular formula is C17H26N4O3. The summed E-state index contributed by atoms with van der Waals surface area (Å²) in [5.74, 6) is 1.50. The van der Waals surface area contributed by atoms with E-state index in [1.54, 1.807) is 0 Å². The van der Waals surface area contributed by atoms with Crippen LogP contribution >= 0.6 is 0 Å². The van der Waals surface area contributed by atoms with Gasteiger partial charge >= 0.3 is 0 Å². The number of carbonyl (C=O) groups excluding carboxylic acids is 2. The SMILES string of the molecule is CCCCNC(=O)Cc1noc([C@H]2CCCN(C(=O)C3CC3)C2)n1. The second kappa shape index (κ2) is 7.77. The lowest BCUT2D eigenvalue weighted by Crippen LogP contribution is -2.40. The minimum absolute atomic E-state index is 0.0787. The predicted molar refractivity (Wildman–Crippen MR) is 87.2 cm³/mol. The van der Waals surface area contributed by atoms with Crippen molar-refractivity contribution >= 4 is 11.8 Å². The van der Waals surface area contributed by atoms with E-state index in [-0.39, 0.29) is 30.1 Å². The molecule has 0 bridgehead atoms. The highest BCUT2D eigenvalue weighted by Crippen LogP contribution is 2.34. The van der Waals surface area contributed by atoms with E-state index in [0.717, 1.165) is 45.1 Å². The minimum atomic E-state index is -0.0787. The molecule has 0 aromatic carbocycles. The molecule has 24 heavy (non-hydrogen) atoms. The topological polar surface area (TPSA) is 88.3 Å². The van der Waals surface area contributed by atoms with Crippen molar-refractivity contribution in [3.05, 3.63) is 11.7 Å². The lowest BCUT2D eigenvalue weighted by Gasteiger charge is -2.31. The molecule has 7 nitrogen and oxygen atoms in total. The van der Waals surface area contributed by atoms with E-state index in [2.05, 4.69) is 22.4 Å². The van der Waals surface area contributed by atoms with Gasteiger partial charge in [-0.05, 0) is 32.1 Å². The number of nitrogens with zero attached hydrogens (tertiary/aromatic N) is 3. The number of piperidine rings is 1. The Morgan fingerprint density at radius 3 is 2.92 bits per heavy atom. The molecule has 1 aliphatic heterocycles. The van der Waals surface area contributed by atoms with E-state index in [1.807, 2.05) is 4.90 Å². The van der Waals surface area contributed by atoms with Crippen molar-refractivity contribution in [1.82, 2.24) is 20.4 Å². The molecular weight excluding hydrogens is 308 g/mol. The summed E-state index contributed by atoms with van der Waals surface area (Å²) < 4.78 is 5.36. The summed E-state index contributed by atoms with van der Waals surface area (Å²) >= 11 is 0. The fourth-order valence-electron chi connectivity index (χ4n) is 3.08.